The second-order valence-corrected chi connectivity index (χ2v) is 6.76. The number of rotatable bonds is 2. The molecule has 0 amide bonds. The van der Waals surface area contributed by atoms with Crippen molar-refractivity contribution in [1.29, 1.82) is 0 Å². The topological polar surface area (TPSA) is 75.0 Å². The van der Waals surface area contributed by atoms with E-state index in [0.29, 0.717) is 32.7 Å². The molecule has 2 atom stereocenters. The average molecular weight is 372 g/mol. The van der Waals surface area contributed by atoms with Crippen LogP contribution in [0.4, 0.5) is 5.69 Å². The van der Waals surface area contributed by atoms with Crippen molar-refractivity contribution in [3.05, 3.63) is 54.4 Å². The summed E-state index contributed by atoms with van der Waals surface area (Å²) in [6.07, 6.45) is 2.20. The Hall–Kier alpha value is -2.15. The molecule has 6 heteroatoms. The Morgan fingerprint density at radius 3 is 2.67 bits per heavy atom. The normalized spacial score (nSPS) is 22.4. The molecule has 146 valence electrons. The minimum absolute atomic E-state index is 0.152. The molecule has 0 saturated heterocycles. The molecule has 0 aliphatic carbocycles. The van der Waals surface area contributed by atoms with Crippen molar-refractivity contribution < 1.29 is 19.7 Å². The van der Waals surface area contributed by atoms with Gasteiger partial charge in [0, 0.05) is 19.3 Å². The molecule has 2 heterocycles. The summed E-state index contributed by atoms with van der Waals surface area (Å²) in [6, 6.07) is 13.8. The lowest BCUT2D eigenvalue weighted by Crippen LogP contribution is -2.35. The number of para-hydroxylation sites is 2. The number of benzene rings is 1. The molecule has 0 saturated carbocycles. The molecule has 1 aliphatic rings. The Morgan fingerprint density at radius 2 is 1.81 bits per heavy atom. The van der Waals surface area contributed by atoms with Crippen LogP contribution in [0.5, 0.6) is 5.75 Å². The van der Waals surface area contributed by atoms with Crippen molar-refractivity contribution in [2.24, 2.45) is 0 Å². The third-order valence-electron chi connectivity index (χ3n) is 4.65. The molecule has 0 bridgehead atoms. The van der Waals surface area contributed by atoms with Gasteiger partial charge in [-0.15, -0.1) is 0 Å². The van der Waals surface area contributed by atoms with Gasteiger partial charge in [0.25, 0.3) is 0 Å². The number of aliphatic hydroxyl groups is 2. The Balaban J connectivity index is 1.83. The minimum Gasteiger partial charge on any atom is -0.491 e. The van der Waals surface area contributed by atoms with Crippen molar-refractivity contribution >= 4 is 5.69 Å². The Morgan fingerprint density at radius 1 is 1.00 bits per heavy atom. The van der Waals surface area contributed by atoms with Crippen LogP contribution < -0.4 is 9.64 Å². The lowest BCUT2D eigenvalue weighted by atomic mass is 10.1. The highest BCUT2D eigenvalue weighted by Gasteiger charge is 2.20. The fourth-order valence-corrected chi connectivity index (χ4v) is 3.10. The highest BCUT2D eigenvalue weighted by Crippen LogP contribution is 2.30. The molecule has 0 fully saturated rings. The monoisotopic (exact) mass is 372 g/mol. The first kappa shape index (κ1) is 19.6. The second-order valence-electron chi connectivity index (χ2n) is 6.76. The molecule has 2 N–H and O–H groups in total. The number of aromatic nitrogens is 1. The molecule has 0 radical (unpaired) electrons. The summed E-state index contributed by atoms with van der Waals surface area (Å²) in [5.41, 5.74) is 1.91. The van der Waals surface area contributed by atoms with Gasteiger partial charge >= 0.3 is 0 Å². The van der Waals surface area contributed by atoms with Crippen molar-refractivity contribution in [2.75, 3.05) is 31.3 Å². The number of ether oxygens (including phenoxy) is 2. The molecule has 6 nitrogen and oxygen atoms in total. The van der Waals surface area contributed by atoms with E-state index < -0.39 is 12.2 Å². The van der Waals surface area contributed by atoms with E-state index >= 15 is 0 Å². The molecule has 27 heavy (non-hydrogen) atoms. The fraction of sp³-hybridized carbons (Fsp3) is 0.476. The first-order chi connectivity index (χ1) is 13.2. The first-order valence-electron chi connectivity index (χ1n) is 9.54. The number of aliphatic hydroxyl groups excluding tert-OH is 2. The SMILES string of the molecule is O[C@@H]1COCCCCOc2ccccc2N(Cc2ccccn2)CC[C@@H]1O. The summed E-state index contributed by atoms with van der Waals surface area (Å²) in [5, 5.41) is 20.4. The van der Waals surface area contributed by atoms with E-state index in [9.17, 15) is 10.2 Å². The van der Waals surface area contributed by atoms with Gasteiger partial charge in [-0.05, 0) is 43.5 Å². The zero-order valence-electron chi connectivity index (χ0n) is 15.5. The Bertz CT molecular complexity index is 683. The zero-order valence-corrected chi connectivity index (χ0v) is 15.5. The van der Waals surface area contributed by atoms with Crippen LogP contribution in [0.3, 0.4) is 0 Å². The lowest BCUT2D eigenvalue weighted by molar-refractivity contribution is -0.0405. The van der Waals surface area contributed by atoms with Crippen LogP contribution in [-0.4, -0.2) is 53.8 Å². The molecule has 1 aromatic carbocycles. The number of nitrogens with zero attached hydrogens (tertiary/aromatic N) is 2. The molecule has 1 aromatic heterocycles. The van der Waals surface area contributed by atoms with Gasteiger partial charge in [-0.2, -0.15) is 0 Å². The zero-order chi connectivity index (χ0) is 18.9. The quantitative estimate of drug-likeness (QED) is 0.843. The van der Waals surface area contributed by atoms with Crippen LogP contribution in [0.25, 0.3) is 0 Å². The second kappa shape index (κ2) is 10.3. The summed E-state index contributed by atoms with van der Waals surface area (Å²) in [4.78, 5) is 6.56. The van der Waals surface area contributed by atoms with Crippen molar-refractivity contribution in [1.82, 2.24) is 4.98 Å². The van der Waals surface area contributed by atoms with Gasteiger partial charge in [0.15, 0.2) is 0 Å². The van der Waals surface area contributed by atoms with Crippen molar-refractivity contribution in [3.8, 4) is 5.75 Å². The number of hydrogen-bond acceptors (Lipinski definition) is 6. The molecular weight excluding hydrogens is 344 g/mol. The van der Waals surface area contributed by atoms with Crippen molar-refractivity contribution in [2.45, 2.75) is 38.0 Å². The van der Waals surface area contributed by atoms with Gasteiger partial charge in [-0.3, -0.25) is 4.98 Å². The molecule has 3 rings (SSSR count). The van der Waals surface area contributed by atoms with E-state index in [2.05, 4.69) is 9.88 Å². The standard InChI is InChI=1S/C21H28N2O4/c24-19-10-12-23(15-17-7-3-4-11-22-17)18-8-1-2-9-21(18)27-14-6-5-13-26-16-20(19)25/h1-4,7-9,11,19-20,24-25H,5-6,10,12-16H2/t19-,20+/m0/s1. The molecular formula is C21H28N2O4. The van der Waals surface area contributed by atoms with Crippen LogP contribution in [-0.2, 0) is 11.3 Å². The maximum absolute atomic E-state index is 10.3. The Labute approximate surface area is 160 Å². The first-order valence-corrected chi connectivity index (χ1v) is 9.54. The van der Waals surface area contributed by atoms with Crippen LogP contribution in [0.2, 0.25) is 0 Å². The summed E-state index contributed by atoms with van der Waals surface area (Å²) < 4.78 is 11.5. The maximum Gasteiger partial charge on any atom is 0.142 e. The van der Waals surface area contributed by atoms with E-state index in [1.807, 2.05) is 42.5 Å². The van der Waals surface area contributed by atoms with Gasteiger partial charge < -0.3 is 24.6 Å². The molecule has 0 unspecified atom stereocenters. The Kier molecular flexibility index (Phi) is 7.45. The maximum atomic E-state index is 10.3. The number of fused-ring (bicyclic) bond motifs is 1. The number of pyridine rings is 1. The fourth-order valence-electron chi connectivity index (χ4n) is 3.10. The van der Waals surface area contributed by atoms with E-state index in [0.717, 1.165) is 30.0 Å². The third-order valence-corrected chi connectivity index (χ3v) is 4.65. The van der Waals surface area contributed by atoms with E-state index in [1.165, 1.54) is 0 Å². The van der Waals surface area contributed by atoms with Gasteiger partial charge in [-0.25, -0.2) is 0 Å². The highest BCUT2D eigenvalue weighted by atomic mass is 16.5. The number of hydrogen-bond donors (Lipinski definition) is 2. The van der Waals surface area contributed by atoms with Gasteiger partial charge in [-0.1, -0.05) is 18.2 Å². The summed E-state index contributed by atoms with van der Waals surface area (Å²) in [6.45, 7) is 2.48. The predicted molar refractivity (Wildman–Crippen MR) is 104 cm³/mol. The van der Waals surface area contributed by atoms with E-state index in [4.69, 9.17) is 9.47 Å². The number of anilines is 1. The molecule has 1 aliphatic heterocycles. The van der Waals surface area contributed by atoms with E-state index in [-0.39, 0.29) is 6.61 Å². The van der Waals surface area contributed by atoms with Gasteiger partial charge in [0.2, 0.25) is 0 Å². The van der Waals surface area contributed by atoms with Gasteiger partial charge in [0.05, 0.1) is 37.2 Å². The smallest absolute Gasteiger partial charge is 0.142 e. The minimum atomic E-state index is -0.879. The van der Waals surface area contributed by atoms with E-state index in [1.54, 1.807) is 6.20 Å². The summed E-state index contributed by atoms with van der Waals surface area (Å²) in [5.74, 6) is 0.821. The van der Waals surface area contributed by atoms with Crippen LogP contribution in [0, 0.1) is 0 Å². The molecule has 2 aromatic rings. The van der Waals surface area contributed by atoms with Crippen LogP contribution >= 0.6 is 0 Å². The summed E-state index contributed by atoms with van der Waals surface area (Å²) in [7, 11) is 0. The van der Waals surface area contributed by atoms with Crippen LogP contribution in [0.1, 0.15) is 25.0 Å². The van der Waals surface area contributed by atoms with Crippen molar-refractivity contribution in [3.63, 3.8) is 0 Å². The largest absolute Gasteiger partial charge is 0.491 e. The molecule has 0 spiro atoms. The summed E-state index contributed by atoms with van der Waals surface area (Å²) >= 11 is 0. The van der Waals surface area contributed by atoms with Crippen LogP contribution in [0.15, 0.2) is 48.7 Å². The average Bonchev–Trinajstić information content (AvgIpc) is 2.70. The third kappa shape index (κ3) is 5.92. The highest BCUT2D eigenvalue weighted by molar-refractivity contribution is 5.58. The predicted octanol–water partition coefficient (Wildman–Crippen LogP) is 2.39. The van der Waals surface area contributed by atoms with Gasteiger partial charge in [0.1, 0.15) is 11.9 Å². The lowest BCUT2D eigenvalue weighted by Gasteiger charge is -2.29.